The molecule has 0 atom stereocenters. The molecule has 2 aromatic rings. The Balaban J connectivity index is 2.64. The van der Waals surface area contributed by atoms with E-state index in [4.69, 9.17) is 5.73 Å². The monoisotopic (exact) mass is 235 g/mol. The summed E-state index contributed by atoms with van der Waals surface area (Å²) in [6.07, 6.45) is 1.85. The number of nitrogens with zero attached hydrogens (tertiary/aromatic N) is 2. The zero-order valence-electron chi connectivity index (χ0n) is 9.24. The van der Waals surface area contributed by atoms with Gasteiger partial charge in [0.05, 0.1) is 5.69 Å². The van der Waals surface area contributed by atoms with Crippen molar-refractivity contribution in [1.82, 2.24) is 9.97 Å². The van der Waals surface area contributed by atoms with Crippen LogP contribution in [0.4, 0.5) is 14.6 Å². The van der Waals surface area contributed by atoms with E-state index in [0.29, 0.717) is 23.5 Å². The summed E-state index contributed by atoms with van der Waals surface area (Å²) < 4.78 is 26.5. The lowest BCUT2D eigenvalue weighted by Crippen LogP contribution is -2.02. The van der Waals surface area contributed by atoms with Crippen molar-refractivity contribution in [3.8, 4) is 11.3 Å². The number of rotatable bonds is 2. The lowest BCUT2D eigenvalue weighted by Gasteiger charge is -2.09. The quantitative estimate of drug-likeness (QED) is 0.870. The molecular formula is C12H11F2N3. The molecule has 0 unspecified atom stereocenters. The Morgan fingerprint density at radius 3 is 2.65 bits per heavy atom. The fourth-order valence-electron chi connectivity index (χ4n) is 1.69. The van der Waals surface area contributed by atoms with Crippen LogP contribution in [0.25, 0.3) is 11.3 Å². The molecule has 88 valence electrons. The van der Waals surface area contributed by atoms with Gasteiger partial charge in [0.2, 0.25) is 0 Å². The van der Waals surface area contributed by atoms with Gasteiger partial charge in [-0.3, -0.25) is 0 Å². The third-order valence-electron chi connectivity index (χ3n) is 2.52. The standard InChI is InChI=1S/C12H11F2N3/c1-2-8-11(16-6-17-12(8)15)9-4-3-7(13)5-10(9)14/h3-6H,2H2,1H3,(H2,15,16,17). The molecule has 1 aromatic carbocycles. The molecule has 3 nitrogen and oxygen atoms in total. The van der Waals surface area contributed by atoms with Crippen molar-refractivity contribution in [2.75, 3.05) is 5.73 Å². The molecule has 1 heterocycles. The zero-order chi connectivity index (χ0) is 12.4. The smallest absolute Gasteiger partial charge is 0.135 e. The number of hydrogen-bond donors (Lipinski definition) is 1. The van der Waals surface area contributed by atoms with Crippen LogP contribution in [-0.2, 0) is 6.42 Å². The van der Waals surface area contributed by atoms with E-state index in [1.54, 1.807) is 0 Å². The van der Waals surface area contributed by atoms with Gasteiger partial charge in [0.25, 0.3) is 0 Å². The first kappa shape index (κ1) is 11.4. The van der Waals surface area contributed by atoms with Gasteiger partial charge < -0.3 is 5.73 Å². The summed E-state index contributed by atoms with van der Waals surface area (Å²) in [5, 5.41) is 0. The van der Waals surface area contributed by atoms with E-state index in [1.807, 2.05) is 6.92 Å². The van der Waals surface area contributed by atoms with Gasteiger partial charge in [-0.2, -0.15) is 0 Å². The normalized spacial score (nSPS) is 10.5. The molecule has 1 aromatic heterocycles. The van der Waals surface area contributed by atoms with Crippen molar-refractivity contribution in [3.63, 3.8) is 0 Å². The topological polar surface area (TPSA) is 51.8 Å². The first-order chi connectivity index (χ1) is 8.13. The lowest BCUT2D eigenvalue weighted by atomic mass is 10.0. The van der Waals surface area contributed by atoms with E-state index < -0.39 is 11.6 Å². The second-order valence-electron chi connectivity index (χ2n) is 3.56. The van der Waals surface area contributed by atoms with E-state index in [9.17, 15) is 8.78 Å². The van der Waals surface area contributed by atoms with Crippen LogP contribution in [0.5, 0.6) is 0 Å². The second kappa shape index (κ2) is 4.45. The van der Waals surface area contributed by atoms with Crippen LogP contribution in [0.15, 0.2) is 24.5 Å². The molecule has 0 aliphatic carbocycles. The van der Waals surface area contributed by atoms with E-state index >= 15 is 0 Å². The van der Waals surface area contributed by atoms with Crippen molar-refractivity contribution in [3.05, 3.63) is 41.7 Å². The minimum Gasteiger partial charge on any atom is -0.383 e. The summed E-state index contributed by atoms with van der Waals surface area (Å²) in [7, 11) is 0. The molecule has 0 aliphatic heterocycles. The van der Waals surface area contributed by atoms with Crippen molar-refractivity contribution in [2.45, 2.75) is 13.3 Å². The van der Waals surface area contributed by atoms with Crippen molar-refractivity contribution in [2.24, 2.45) is 0 Å². The van der Waals surface area contributed by atoms with Crippen LogP contribution in [-0.4, -0.2) is 9.97 Å². The van der Waals surface area contributed by atoms with E-state index in [-0.39, 0.29) is 5.56 Å². The molecular weight excluding hydrogens is 224 g/mol. The minimum atomic E-state index is -0.655. The SMILES string of the molecule is CCc1c(N)ncnc1-c1ccc(F)cc1F. The Morgan fingerprint density at radius 1 is 1.24 bits per heavy atom. The number of aromatic nitrogens is 2. The van der Waals surface area contributed by atoms with Gasteiger partial charge in [-0.15, -0.1) is 0 Å². The van der Waals surface area contributed by atoms with E-state index in [0.717, 1.165) is 6.07 Å². The summed E-state index contributed by atoms with van der Waals surface area (Å²) in [6, 6.07) is 3.37. The van der Waals surface area contributed by atoms with Gasteiger partial charge in [0, 0.05) is 17.2 Å². The van der Waals surface area contributed by atoms with Gasteiger partial charge in [0.1, 0.15) is 23.8 Å². The molecule has 5 heteroatoms. The Hall–Kier alpha value is -2.04. The average Bonchev–Trinajstić information content (AvgIpc) is 2.29. The summed E-state index contributed by atoms with van der Waals surface area (Å²) >= 11 is 0. The third-order valence-corrected chi connectivity index (χ3v) is 2.52. The summed E-state index contributed by atoms with van der Waals surface area (Å²) in [4.78, 5) is 7.87. The number of nitrogens with two attached hydrogens (primary N) is 1. The third kappa shape index (κ3) is 2.08. The van der Waals surface area contributed by atoms with Crippen LogP contribution in [0.3, 0.4) is 0 Å². The largest absolute Gasteiger partial charge is 0.383 e. The van der Waals surface area contributed by atoms with E-state index in [1.165, 1.54) is 18.5 Å². The molecule has 0 saturated heterocycles. The Labute approximate surface area is 97.3 Å². The molecule has 2 N–H and O–H groups in total. The van der Waals surface area contributed by atoms with Gasteiger partial charge >= 0.3 is 0 Å². The number of halogens is 2. The predicted octanol–water partition coefficient (Wildman–Crippen LogP) is 2.57. The first-order valence-electron chi connectivity index (χ1n) is 5.18. The maximum Gasteiger partial charge on any atom is 0.135 e. The summed E-state index contributed by atoms with van der Waals surface area (Å²) in [5.74, 6) is -0.953. The van der Waals surface area contributed by atoms with Gasteiger partial charge in [-0.05, 0) is 18.6 Å². The molecule has 0 bridgehead atoms. The minimum absolute atomic E-state index is 0.234. The lowest BCUT2D eigenvalue weighted by molar-refractivity contribution is 0.585. The summed E-state index contributed by atoms with van der Waals surface area (Å²) in [6.45, 7) is 1.87. The average molecular weight is 235 g/mol. The number of nitrogen functional groups attached to an aromatic ring is 1. The summed E-state index contributed by atoms with van der Waals surface area (Å²) in [5.41, 5.74) is 7.01. The molecule has 17 heavy (non-hydrogen) atoms. The number of benzene rings is 1. The first-order valence-corrected chi connectivity index (χ1v) is 5.18. The Bertz CT molecular complexity index is 555. The highest BCUT2D eigenvalue weighted by Gasteiger charge is 2.13. The highest BCUT2D eigenvalue weighted by atomic mass is 19.1. The second-order valence-corrected chi connectivity index (χ2v) is 3.56. The molecule has 0 saturated carbocycles. The Morgan fingerprint density at radius 2 is 2.00 bits per heavy atom. The van der Waals surface area contributed by atoms with E-state index in [2.05, 4.69) is 9.97 Å². The maximum absolute atomic E-state index is 13.6. The molecule has 2 rings (SSSR count). The molecule has 0 radical (unpaired) electrons. The van der Waals surface area contributed by atoms with Gasteiger partial charge in [-0.1, -0.05) is 6.92 Å². The highest BCUT2D eigenvalue weighted by molar-refractivity contribution is 5.67. The number of hydrogen-bond acceptors (Lipinski definition) is 3. The molecule has 0 spiro atoms. The molecule has 0 aliphatic rings. The highest BCUT2D eigenvalue weighted by Crippen LogP contribution is 2.27. The van der Waals surface area contributed by atoms with Crippen LogP contribution in [0, 0.1) is 11.6 Å². The zero-order valence-corrected chi connectivity index (χ0v) is 9.24. The Kier molecular flexibility index (Phi) is 2.99. The van der Waals surface area contributed by atoms with Crippen molar-refractivity contribution >= 4 is 5.82 Å². The predicted molar refractivity (Wildman–Crippen MR) is 61.2 cm³/mol. The molecule has 0 amide bonds. The fraction of sp³-hybridized carbons (Fsp3) is 0.167. The maximum atomic E-state index is 13.6. The van der Waals surface area contributed by atoms with Gasteiger partial charge in [-0.25, -0.2) is 18.7 Å². The van der Waals surface area contributed by atoms with Crippen LogP contribution < -0.4 is 5.73 Å². The molecule has 0 fully saturated rings. The van der Waals surface area contributed by atoms with Gasteiger partial charge in [0.15, 0.2) is 0 Å². The number of anilines is 1. The fourth-order valence-corrected chi connectivity index (χ4v) is 1.69. The van der Waals surface area contributed by atoms with Crippen LogP contribution >= 0.6 is 0 Å². The van der Waals surface area contributed by atoms with Crippen molar-refractivity contribution in [1.29, 1.82) is 0 Å². The van der Waals surface area contributed by atoms with Crippen LogP contribution in [0.2, 0.25) is 0 Å². The van der Waals surface area contributed by atoms with Crippen LogP contribution in [0.1, 0.15) is 12.5 Å². The van der Waals surface area contributed by atoms with Crippen molar-refractivity contribution < 1.29 is 8.78 Å².